The number of ether oxygens (including phenoxy) is 3. The molecule has 0 aliphatic carbocycles. The van der Waals surface area contributed by atoms with Crippen molar-refractivity contribution in [3.8, 4) is 11.5 Å². The zero-order valence-corrected chi connectivity index (χ0v) is 19.0. The monoisotopic (exact) mass is 442 g/mol. The highest BCUT2D eigenvalue weighted by molar-refractivity contribution is 6.15. The maximum absolute atomic E-state index is 12.9. The number of rotatable bonds is 7. The molecular weight excluding hydrogens is 416 g/mol. The summed E-state index contributed by atoms with van der Waals surface area (Å²) >= 11 is 0. The Bertz CT molecular complexity index is 1190. The van der Waals surface area contributed by atoms with Crippen molar-refractivity contribution in [1.82, 2.24) is 0 Å². The molecule has 0 saturated heterocycles. The number of carbonyl (C=O) groups is 2. The lowest BCUT2D eigenvalue weighted by molar-refractivity contribution is -0.147. The molecular formula is C28H26O5. The number of hydrogen-bond donors (Lipinski definition) is 0. The molecule has 33 heavy (non-hydrogen) atoms. The number of ketones is 1. The standard InChI is InChI=1S/C28H26O5/c1-18(2)22-11-9-20(10-12-22)14-25-28(30)27-19(3)13-23(15-24(27)33-25)31-17-26(29)32-16-21-7-5-4-6-8-21/h4-15,18H,16-17H2,1-3H3/b25-14-. The molecule has 168 valence electrons. The molecule has 1 aliphatic heterocycles. The van der Waals surface area contributed by atoms with Crippen molar-refractivity contribution in [2.24, 2.45) is 0 Å². The highest BCUT2D eigenvalue weighted by Crippen LogP contribution is 2.37. The first-order valence-electron chi connectivity index (χ1n) is 10.9. The van der Waals surface area contributed by atoms with E-state index in [-0.39, 0.29) is 24.8 Å². The Morgan fingerprint density at radius 1 is 1.03 bits per heavy atom. The fourth-order valence-electron chi connectivity index (χ4n) is 3.61. The third-order valence-electron chi connectivity index (χ3n) is 5.44. The summed E-state index contributed by atoms with van der Waals surface area (Å²) in [6.07, 6.45) is 1.74. The van der Waals surface area contributed by atoms with Crippen LogP contribution in [0.25, 0.3) is 6.08 Å². The van der Waals surface area contributed by atoms with E-state index in [2.05, 4.69) is 26.0 Å². The lowest BCUT2D eigenvalue weighted by atomic mass is 10.0. The third kappa shape index (κ3) is 5.32. The zero-order chi connectivity index (χ0) is 23.4. The number of esters is 1. The van der Waals surface area contributed by atoms with Gasteiger partial charge >= 0.3 is 5.97 Å². The van der Waals surface area contributed by atoms with Crippen LogP contribution in [-0.2, 0) is 16.1 Å². The summed E-state index contributed by atoms with van der Waals surface area (Å²) in [7, 11) is 0. The van der Waals surface area contributed by atoms with E-state index >= 15 is 0 Å². The van der Waals surface area contributed by atoms with Crippen LogP contribution in [0.4, 0.5) is 0 Å². The average Bonchev–Trinajstić information content (AvgIpc) is 3.12. The third-order valence-corrected chi connectivity index (χ3v) is 5.44. The Labute approximate surface area is 193 Å². The SMILES string of the molecule is Cc1cc(OCC(=O)OCc2ccccc2)cc2c1C(=O)/C(=C/c1ccc(C(C)C)cc1)O2. The predicted octanol–water partition coefficient (Wildman–Crippen LogP) is 5.86. The van der Waals surface area contributed by atoms with Gasteiger partial charge in [0.05, 0.1) is 5.56 Å². The number of Topliss-reactive ketones (excluding diaryl/α,β-unsaturated/α-hetero) is 1. The highest BCUT2D eigenvalue weighted by atomic mass is 16.6. The molecule has 0 unspecified atom stereocenters. The van der Waals surface area contributed by atoms with E-state index in [0.29, 0.717) is 23.0 Å². The Kier molecular flexibility index (Phi) is 6.59. The topological polar surface area (TPSA) is 61.8 Å². The quantitative estimate of drug-likeness (QED) is 0.339. The van der Waals surface area contributed by atoms with Crippen molar-refractivity contribution >= 4 is 17.8 Å². The number of hydrogen-bond acceptors (Lipinski definition) is 5. The van der Waals surface area contributed by atoms with Crippen molar-refractivity contribution in [3.63, 3.8) is 0 Å². The second-order valence-corrected chi connectivity index (χ2v) is 8.31. The predicted molar refractivity (Wildman–Crippen MR) is 126 cm³/mol. The first-order valence-corrected chi connectivity index (χ1v) is 10.9. The maximum Gasteiger partial charge on any atom is 0.344 e. The van der Waals surface area contributed by atoms with E-state index < -0.39 is 5.97 Å². The lowest BCUT2D eigenvalue weighted by Gasteiger charge is -2.09. The van der Waals surface area contributed by atoms with Crippen LogP contribution in [0.5, 0.6) is 11.5 Å². The van der Waals surface area contributed by atoms with Gasteiger partial charge in [0.25, 0.3) is 0 Å². The molecule has 0 atom stereocenters. The minimum Gasteiger partial charge on any atom is -0.482 e. The molecule has 0 N–H and O–H groups in total. The van der Waals surface area contributed by atoms with Crippen LogP contribution in [0.1, 0.15) is 52.4 Å². The Balaban J connectivity index is 1.41. The summed E-state index contributed by atoms with van der Waals surface area (Å²) in [4.78, 5) is 24.9. The van der Waals surface area contributed by atoms with Gasteiger partial charge in [0.15, 0.2) is 12.4 Å². The molecule has 3 aromatic carbocycles. The van der Waals surface area contributed by atoms with Gasteiger partial charge in [0.1, 0.15) is 18.1 Å². The smallest absolute Gasteiger partial charge is 0.344 e. The molecule has 0 bridgehead atoms. The van der Waals surface area contributed by atoms with Crippen molar-refractivity contribution in [3.05, 3.63) is 100 Å². The second-order valence-electron chi connectivity index (χ2n) is 8.31. The van der Waals surface area contributed by atoms with E-state index in [1.807, 2.05) is 49.4 Å². The van der Waals surface area contributed by atoms with Crippen molar-refractivity contribution in [2.75, 3.05) is 6.61 Å². The van der Waals surface area contributed by atoms with E-state index in [0.717, 1.165) is 16.7 Å². The van der Waals surface area contributed by atoms with E-state index in [1.54, 1.807) is 18.2 Å². The minimum atomic E-state index is -0.473. The number of fused-ring (bicyclic) bond motifs is 1. The molecule has 0 fully saturated rings. The Hall–Kier alpha value is -3.86. The molecule has 3 aromatic rings. The summed E-state index contributed by atoms with van der Waals surface area (Å²) in [5.74, 6) is 0.946. The summed E-state index contributed by atoms with van der Waals surface area (Å²) in [6, 6.07) is 20.9. The van der Waals surface area contributed by atoms with Crippen LogP contribution in [0.2, 0.25) is 0 Å². The van der Waals surface area contributed by atoms with Crippen LogP contribution in [0.15, 0.2) is 72.5 Å². The van der Waals surface area contributed by atoms with Gasteiger partial charge in [0.2, 0.25) is 5.78 Å². The summed E-state index contributed by atoms with van der Waals surface area (Å²) in [6.45, 7) is 6.05. The van der Waals surface area contributed by atoms with Gasteiger partial charge in [-0.3, -0.25) is 4.79 Å². The fraction of sp³-hybridized carbons (Fsp3) is 0.214. The highest BCUT2D eigenvalue weighted by Gasteiger charge is 2.30. The average molecular weight is 443 g/mol. The van der Waals surface area contributed by atoms with Gasteiger partial charge < -0.3 is 14.2 Å². The molecule has 0 amide bonds. The van der Waals surface area contributed by atoms with Crippen LogP contribution in [0.3, 0.4) is 0 Å². The summed E-state index contributed by atoms with van der Waals surface area (Å²) in [5.41, 5.74) is 4.27. The Morgan fingerprint density at radius 2 is 1.76 bits per heavy atom. The van der Waals surface area contributed by atoms with Gasteiger partial charge in [-0.25, -0.2) is 4.79 Å². The number of allylic oxidation sites excluding steroid dienone is 1. The molecule has 0 spiro atoms. The van der Waals surface area contributed by atoms with Crippen LogP contribution >= 0.6 is 0 Å². The Morgan fingerprint density at radius 3 is 2.45 bits per heavy atom. The van der Waals surface area contributed by atoms with Crippen molar-refractivity contribution in [2.45, 2.75) is 33.3 Å². The molecule has 0 aromatic heterocycles. The van der Waals surface area contributed by atoms with Crippen LogP contribution < -0.4 is 9.47 Å². The molecule has 5 nitrogen and oxygen atoms in total. The molecule has 0 radical (unpaired) electrons. The van der Waals surface area contributed by atoms with Gasteiger partial charge in [-0.1, -0.05) is 68.4 Å². The first-order chi connectivity index (χ1) is 15.9. The van der Waals surface area contributed by atoms with Crippen LogP contribution in [0, 0.1) is 6.92 Å². The van der Waals surface area contributed by atoms with Crippen molar-refractivity contribution in [1.29, 1.82) is 0 Å². The van der Waals surface area contributed by atoms with E-state index in [4.69, 9.17) is 14.2 Å². The van der Waals surface area contributed by atoms with Crippen molar-refractivity contribution < 1.29 is 23.8 Å². The number of carbonyl (C=O) groups excluding carboxylic acids is 2. The van der Waals surface area contributed by atoms with E-state index in [1.165, 1.54) is 5.56 Å². The largest absolute Gasteiger partial charge is 0.482 e. The molecule has 1 aliphatic rings. The van der Waals surface area contributed by atoms with Gasteiger partial charge in [-0.05, 0) is 47.2 Å². The number of aryl methyl sites for hydroxylation is 1. The molecule has 1 heterocycles. The van der Waals surface area contributed by atoms with Crippen LogP contribution in [-0.4, -0.2) is 18.4 Å². The van der Waals surface area contributed by atoms with Gasteiger partial charge in [-0.2, -0.15) is 0 Å². The summed E-state index contributed by atoms with van der Waals surface area (Å²) in [5, 5.41) is 0. The molecule has 0 saturated carbocycles. The van der Waals surface area contributed by atoms with E-state index in [9.17, 15) is 9.59 Å². The van der Waals surface area contributed by atoms with Gasteiger partial charge in [0, 0.05) is 6.07 Å². The fourth-order valence-corrected chi connectivity index (χ4v) is 3.61. The second kappa shape index (κ2) is 9.74. The summed E-state index contributed by atoms with van der Waals surface area (Å²) < 4.78 is 16.7. The normalized spacial score (nSPS) is 13.7. The first kappa shape index (κ1) is 22.3. The maximum atomic E-state index is 12.9. The number of benzene rings is 3. The zero-order valence-electron chi connectivity index (χ0n) is 19.0. The van der Waals surface area contributed by atoms with Gasteiger partial charge in [-0.15, -0.1) is 0 Å². The molecule has 4 rings (SSSR count). The lowest BCUT2D eigenvalue weighted by Crippen LogP contribution is -2.14. The minimum absolute atomic E-state index is 0.163. The molecule has 5 heteroatoms.